The van der Waals surface area contributed by atoms with Crippen LogP contribution in [0.4, 0.5) is 0 Å². The minimum Gasteiger partial charge on any atom is -0.379 e. The number of carbonyl (C=O) groups excluding carboxylic acids is 1. The van der Waals surface area contributed by atoms with Gasteiger partial charge in [-0.3, -0.25) is 19.7 Å². The van der Waals surface area contributed by atoms with Gasteiger partial charge >= 0.3 is 0 Å². The summed E-state index contributed by atoms with van der Waals surface area (Å²) >= 11 is 0. The van der Waals surface area contributed by atoms with E-state index in [9.17, 15) is 4.79 Å². The number of amides is 1. The fraction of sp³-hybridized carbons (Fsp3) is 0.375. The van der Waals surface area contributed by atoms with Crippen molar-refractivity contribution < 1.29 is 9.53 Å². The summed E-state index contributed by atoms with van der Waals surface area (Å²) in [6.45, 7) is 2.41. The second-order valence-electron chi connectivity index (χ2n) is 5.31. The van der Waals surface area contributed by atoms with Crippen LogP contribution in [0.5, 0.6) is 0 Å². The number of carbonyl (C=O) groups is 1. The van der Waals surface area contributed by atoms with Gasteiger partial charge in [0.2, 0.25) is 0 Å². The van der Waals surface area contributed by atoms with Crippen molar-refractivity contribution in [3.63, 3.8) is 0 Å². The Hall–Kier alpha value is -2.34. The number of pyridine rings is 1. The molecule has 3 rings (SSSR count). The van der Waals surface area contributed by atoms with Crippen LogP contribution in [0.25, 0.3) is 0 Å². The maximum absolute atomic E-state index is 12.5. The molecule has 0 spiro atoms. The van der Waals surface area contributed by atoms with Crippen molar-refractivity contribution in [1.82, 2.24) is 19.9 Å². The molecule has 0 aromatic carbocycles. The van der Waals surface area contributed by atoms with E-state index < -0.39 is 0 Å². The molecule has 1 amide bonds. The third-order valence-electron chi connectivity index (χ3n) is 3.62. The molecule has 0 bridgehead atoms. The van der Waals surface area contributed by atoms with E-state index in [2.05, 4.69) is 15.0 Å². The van der Waals surface area contributed by atoms with E-state index in [1.807, 2.05) is 11.0 Å². The molecule has 0 N–H and O–H groups in total. The second kappa shape index (κ2) is 7.09. The molecule has 2 aromatic heterocycles. The van der Waals surface area contributed by atoms with Crippen LogP contribution in [0.2, 0.25) is 0 Å². The predicted molar refractivity (Wildman–Crippen MR) is 80.2 cm³/mol. The van der Waals surface area contributed by atoms with Crippen LogP contribution in [-0.4, -0.2) is 52.1 Å². The van der Waals surface area contributed by atoms with Crippen molar-refractivity contribution in [2.45, 2.75) is 6.42 Å². The molecule has 0 aliphatic carbocycles. The van der Waals surface area contributed by atoms with Crippen molar-refractivity contribution in [1.29, 1.82) is 0 Å². The summed E-state index contributed by atoms with van der Waals surface area (Å²) < 4.78 is 5.63. The Labute approximate surface area is 129 Å². The summed E-state index contributed by atoms with van der Waals surface area (Å²) in [5.41, 5.74) is 1.39. The maximum Gasteiger partial charge on any atom is 0.272 e. The minimum absolute atomic E-state index is 0.0461. The smallest absolute Gasteiger partial charge is 0.272 e. The van der Waals surface area contributed by atoms with Crippen molar-refractivity contribution in [2.75, 3.05) is 26.3 Å². The van der Waals surface area contributed by atoms with Crippen LogP contribution in [0.3, 0.4) is 0 Å². The summed E-state index contributed by atoms with van der Waals surface area (Å²) in [6, 6.07) is 5.37. The Morgan fingerprint density at radius 1 is 1.27 bits per heavy atom. The Bertz CT molecular complexity index is 606. The Morgan fingerprint density at radius 3 is 3.00 bits per heavy atom. The molecule has 0 saturated carbocycles. The molecule has 114 valence electrons. The number of rotatable bonds is 3. The molecule has 0 radical (unpaired) electrons. The summed E-state index contributed by atoms with van der Waals surface area (Å²) in [5, 5.41) is 0. The molecule has 1 atom stereocenters. The maximum atomic E-state index is 12.5. The molecule has 2 aromatic rings. The zero-order valence-electron chi connectivity index (χ0n) is 12.3. The van der Waals surface area contributed by atoms with Crippen LogP contribution in [-0.2, 0) is 11.2 Å². The molecule has 22 heavy (non-hydrogen) atoms. The summed E-state index contributed by atoms with van der Waals surface area (Å²) in [6.07, 6.45) is 7.49. The average molecular weight is 298 g/mol. The first kappa shape index (κ1) is 14.6. The van der Waals surface area contributed by atoms with Gasteiger partial charge in [0.25, 0.3) is 5.91 Å². The third-order valence-corrected chi connectivity index (χ3v) is 3.62. The van der Waals surface area contributed by atoms with Crippen molar-refractivity contribution in [3.05, 3.63) is 54.4 Å². The zero-order chi connectivity index (χ0) is 15.2. The lowest BCUT2D eigenvalue weighted by Gasteiger charge is -2.23. The summed E-state index contributed by atoms with van der Waals surface area (Å²) in [4.78, 5) is 26.9. The highest BCUT2D eigenvalue weighted by Gasteiger charge is 2.24. The van der Waals surface area contributed by atoms with E-state index in [0.717, 1.165) is 12.1 Å². The molecular weight excluding hydrogens is 280 g/mol. The van der Waals surface area contributed by atoms with E-state index in [4.69, 9.17) is 4.74 Å². The normalized spacial score (nSPS) is 18.7. The number of ether oxygens (including phenoxy) is 1. The number of hydrogen-bond donors (Lipinski definition) is 0. The van der Waals surface area contributed by atoms with Crippen molar-refractivity contribution in [2.24, 2.45) is 5.92 Å². The Morgan fingerprint density at radius 2 is 2.23 bits per heavy atom. The average Bonchev–Trinajstić information content (AvgIpc) is 2.81. The van der Waals surface area contributed by atoms with Crippen molar-refractivity contribution in [3.8, 4) is 0 Å². The lowest BCUT2D eigenvalue weighted by Crippen LogP contribution is -2.36. The predicted octanol–water partition coefficient (Wildman–Crippen LogP) is 1.20. The van der Waals surface area contributed by atoms with Gasteiger partial charge in [-0.2, -0.15) is 0 Å². The second-order valence-corrected chi connectivity index (χ2v) is 5.31. The first-order valence-corrected chi connectivity index (χ1v) is 7.36. The standard InChI is InChI=1S/C16H18N4O2/c21-16(15-3-1-2-4-19-15)20-7-8-22-12-13(11-20)9-14-10-17-5-6-18-14/h1-6,10,13H,7-9,11-12H2/t13-/m1/s1. The van der Waals surface area contributed by atoms with E-state index >= 15 is 0 Å². The molecule has 1 saturated heterocycles. The first-order valence-electron chi connectivity index (χ1n) is 7.36. The molecule has 0 unspecified atom stereocenters. The van der Waals surface area contributed by atoms with Gasteiger partial charge in [-0.25, -0.2) is 0 Å². The van der Waals surface area contributed by atoms with Crippen LogP contribution < -0.4 is 0 Å². The highest BCUT2D eigenvalue weighted by atomic mass is 16.5. The minimum atomic E-state index is -0.0461. The lowest BCUT2D eigenvalue weighted by molar-refractivity contribution is 0.0731. The van der Waals surface area contributed by atoms with E-state index in [1.165, 1.54) is 0 Å². The fourth-order valence-corrected chi connectivity index (χ4v) is 2.57. The largest absolute Gasteiger partial charge is 0.379 e. The fourth-order valence-electron chi connectivity index (χ4n) is 2.57. The van der Waals surface area contributed by atoms with E-state index in [-0.39, 0.29) is 11.8 Å². The zero-order valence-corrected chi connectivity index (χ0v) is 12.3. The van der Waals surface area contributed by atoms with Crippen molar-refractivity contribution >= 4 is 5.91 Å². The number of aromatic nitrogens is 3. The van der Waals surface area contributed by atoms with Gasteiger partial charge in [-0.05, 0) is 18.6 Å². The molecule has 6 nitrogen and oxygen atoms in total. The van der Waals surface area contributed by atoms with Crippen LogP contribution in [0.15, 0.2) is 43.0 Å². The molecule has 6 heteroatoms. The molecule has 1 aliphatic heterocycles. The highest BCUT2D eigenvalue weighted by Crippen LogP contribution is 2.14. The van der Waals surface area contributed by atoms with Gasteiger partial charge < -0.3 is 9.64 Å². The van der Waals surface area contributed by atoms with Gasteiger partial charge in [0, 0.05) is 43.8 Å². The van der Waals surface area contributed by atoms with Gasteiger partial charge in [-0.1, -0.05) is 6.07 Å². The van der Waals surface area contributed by atoms with Gasteiger partial charge in [0.05, 0.1) is 18.9 Å². The van der Waals surface area contributed by atoms with E-state index in [1.54, 1.807) is 36.9 Å². The first-order chi connectivity index (χ1) is 10.8. The van der Waals surface area contributed by atoms with E-state index in [0.29, 0.717) is 32.0 Å². The third kappa shape index (κ3) is 3.65. The summed E-state index contributed by atoms with van der Waals surface area (Å²) in [7, 11) is 0. The van der Waals surface area contributed by atoms with Crippen LogP contribution in [0.1, 0.15) is 16.2 Å². The quantitative estimate of drug-likeness (QED) is 0.852. The monoisotopic (exact) mass is 298 g/mol. The summed E-state index contributed by atoms with van der Waals surface area (Å²) in [5.74, 6) is 0.169. The number of hydrogen-bond acceptors (Lipinski definition) is 5. The van der Waals surface area contributed by atoms with Gasteiger partial charge in [0.15, 0.2) is 0 Å². The molecule has 3 heterocycles. The van der Waals surface area contributed by atoms with Gasteiger partial charge in [0.1, 0.15) is 5.69 Å². The number of nitrogens with zero attached hydrogens (tertiary/aromatic N) is 4. The molecular formula is C16H18N4O2. The lowest BCUT2D eigenvalue weighted by atomic mass is 10.0. The Kier molecular flexibility index (Phi) is 4.70. The SMILES string of the molecule is O=C(c1ccccn1)N1CCOC[C@H](Cc2cnccn2)C1. The Balaban J connectivity index is 1.69. The topological polar surface area (TPSA) is 68.2 Å². The van der Waals surface area contributed by atoms with Crippen LogP contribution in [0, 0.1) is 5.92 Å². The highest BCUT2D eigenvalue weighted by molar-refractivity contribution is 5.92. The van der Waals surface area contributed by atoms with Crippen LogP contribution >= 0.6 is 0 Å². The van der Waals surface area contributed by atoms with Gasteiger partial charge in [-0.15, -0.1) is 0 Å². The molecule has 1 fully saturated rings. The molecule has 1 aliphatic rings.